The minimum absolute atomic E-state index is 0.126. The molecule has 1 aromatic heterocycles. The van der Waals surface area contributed by atoms with Crippen molar-refractivity contribution in [2.75, 3.05) is 19.8 Å². The number of benzene rings is 2. The van der Waals surface area contributed by atoms with Gasteiger partial charge < -0.3 is 18.9 Å². The molecule has 1 atom stereocenters. The first kappa shape index (κ1) is 28.8. The lowest BCUT2D eigenvalue weighted by atomic mass is 9.95. The molecule has 3 aromatic rings. The Morgan fingerprint density at radius 1 is 1.02 bits per heavy atom. The molecule has 0 N–H and O–H groups in total. The molecule has 0 radical (unpaired) electrons. The first-order valence-electron chi connectivity index (χ1n) is 13.1. The SMILES string of the molecule is CCOC(=O)COc1ccccc1/C=c1\sc2n(c1=O)[C@@H](c1ccccc1OC(C)C)C(C(=O)OCC)=C(C)N=2. The first-order chi connectivity index (χ1) is 19.2. The highest BCUT2D eigenvalue weighted by Crippen LogP contribution is 2.36. The van der Waals surface area contributed by atoms with Crippen LogP contribution in [0, 0.1) is 0 Å². The molecule has 0 saturated heterocycles. The van der Waals surface area contributed by atoms with E-state index < -0.39 is 18.0 Å². The van der Waals surface area contributed by atoms with E-state index in [1.807, 2.05) is 44.2 Å². The molecule has 0 fully saturated rings. The summed E-state index contributed by atoms with van der Waals surface area (Å²) in [6.07, 6.45) is 1.57. The number of rotatable bonds is 10. The highest BCUT2D eigenvalue weighted by molar-refractivity contribution is 7.07. The van der Waals surface area contributed by atoms with Crippen LogP contribution in [0.4, 0.5) is 0 Å². The number of hydrogen-bond acceptors (Lipinski definition) is 9. The molecule has 9 nitrogen and oxygen atoms in total. The number of ether oxygens (including phenoxy) is 4. The Balaban J connectivity index is 1.88. The van der Waals surface area contributed by atoms with Crippen molar-refractivity contribution in [1.29, 1.82) is 0 Å². The molecule has 1 aliphatic heterocycles. The van der Waals surface area contributed by atoms with Crippen molar-refractivity contribution < 1.29 is 28.5 Å². The van der Waals surface area contributed by atoms with Gasteiger partial charge in [-0.05, 0) is 52.8 Å². The van der Waals surface area contributed by atoms with Gasteiger partial charge in [0.05, 0.1) is 35.1 Å². The van der Waals surface area contributed by atoms with Gasteiger partial charge in [0.1, 0.15) is 17.5 Å². The van der Waals surface area contributed by atoms with E-state index in [1.165, 1.54) is 15.9 Å². The number of thiazole rings is 1. The van der Waals surface area contributed by atoms with Crippen molar-refractivity contribution in [3.63, 3.8) is 0 Å². The number of carbonyl (C=O) groups is 2. The molecule has 40 heavy (non-hydrogen) atoms. The number of esters is 2. The van der Waals surface area contributed by atoms with Gasteiger partial charge in [-0.2, -0.15) is 0 Å². The van der Waals surface area contributed by atoms with Crippen LogP contribution in [-0.2, 0) is 19.1 Å². The van der Waals surface area contributed by atoms with Crippen molar-refractivity contribution in [3.05, 3.63) is 90.6 Å². The minimum atomic E-state index is -0.803. The Bertz CT molecular complexity index is 1620. The van der Waals surface area contributed by atoms with Crippen LogP contribution in [0.5, 0.6) is 11.5 Å². The lowest BCUT2D eigenvalue weighted by Gasteiger charge is -2.26. The van der Waals surface area contributed by atoms with E-state index in [0.717, 1.165) is 0 Å². The summed E-state index contributed by atoms with van der Waals surface area (Å²) in [7, 11) is 0. The Hall–Kier alpha value is -4.18. The fourth-order valence-electron chi connectivity index (χ4n) is 4.37. The van der Waals surface area contributed by atoms with Crippen LogP contribution < -0.4 is 24.4 Å². The summed E-state index contributed by atoms with van der Waals surface area (Å²) in [6.45, 7) is 9.20. The molecule has 0 amide bonds. The van der Waals surface area contributed by atoms with Gasteiger partial charge in [0.2, 0.25) is 0 Å². The van der Waals surface area contributed by atoms with Crippen LogP contribution in [0.3, 0.4) is 0 Å². The number of nitrogens with zero attached hydrogens (tertiary/aromatic N) is 2. The van der Waals surface area contributed by atoms with E-state index in [9.17, 15) is 14.4 Å². The summed E-state index contributed by atoms with van der Waals surface area (Å²) >= 11 is 1.20. The average Bonchev–Trinajstić information content (AvgIpc) is 3.22. The third-order valence-corrected chi connectivity index (χ3v) is 6.93. The Kier molecular flexibility index (Phi) is 9.21. The predicted octanol–water partition coefficient (Wildman–Crippen LogP) is 3.53. The minimum Gasteiger partial charge on any atom is -0.491 e. The van der Waals surface area contributed by atoms with E-state index in [0.29, 0.717) is 37.7 Å². The molecular formula is C30H32N2O7S. The fourth-order valence-corrected chi connectivity index (χ4v) is 5.40. The Morgan fingerprint density at radius 3 is 2.40 bits per heavy atom. The van der Waals surface area contributed by atoms with Crippen LogP contribution in [0.1, 0.15) is 51.8 Å². The third-order valence-electron chi connectivity index (χ3n) is 5.95. The smallest absolute Gasteiger partial charge is 0.344 e. The normalized spacial score (nSPS) is 14.9. The second-order valence-corrected chi connectivity index (χ2v) is 10.1. The van der Waals surface area contributed by atoms with E-state index in [-0.39, 0.29) is 37.1 Å². The van der Waals surface area contributed by atoms with Crippen molar-refractivity contribution in [2.24, 2.45) is 4.99 Å². The highest BCUT2D eigenvalue weighted by Gasteiger charge is 2.35. The van der Waals surface area contributed by atoms with Crippen LogP contribution in [0.2, 0.25) is 0 Å². The van der Waals surface area contributed by atoms with Crippen molar-refractivity contribution in [3.8, 4) is 11.5 Å². The maximum absolute atomic E-state index is 14.0. The van der Waals surface area contributed by atoms with Gasteiger partial charge in [-0.15, -0.1) is 0 Å². The maximum atomic E-state index is 14.0. The molecule has 2 heterocycles. The topological polar surface area (TPSA) is 105 Å². The van der Waals surface area contributed by atoms with Gasteiger partial charge in [-0.1, -0.05) is 47.7 Å². The molecular weight excluding hydrogens is 532 g/mol. The van der Waals surface area contributed by atoms with Gasteiger partial charge in [-0.3, -0.25) is 9.36 Å². The predicted molar refractivity (Wildman–Crippen MR) is 151 cm³/mol. The van der Waals surface area contributed by atoms with E-state index >= 15 is 0 Å². The average molecular weight is 565 g/mol. The Labute approximate surface area is 236 Å². The fraction of sp³-hybridized carbons (Fsp3) is 0.333. The number of carbonyl (C=O) groups excluding carboxylic acids is 2. The largest absolute Gasteiger partial charge is 0.491 e. The lowest BCUT2D eigenvalue weighted by Crippen LogP contribution is -2.40. The van der Waals surface area contributed by atoms with Crippen molar-refractivity contribution in [2.45, 2.75) is 46.8 Å². The molecule has 0 aliphatic carbocycles. The first-order valence-corrected chi connectivity index (χ1v) is 13.9. The highest BCUT2D eigenvalue weighted by atomic mass is 32.1. The second kappa shape index (κ2) is 12.8. The molecule has 0 spiro atoms. The number of fused-ring (bicyclic) bond motifs is 1. The number of hydrogen-bond donors (Lipinski definition) is 0. The van der Waals surface area contributed by atoms with E-state index in [1.54, 1.807) is 45.0 Å². The van der Waals surface area contributed by atoms with Crippen LogP contribution in [0.15, 0.2) is 69.6 Å². The summed E-state index contributed by atoms with van der Waals surface area (Å²) < 4.78 is 24.0. The number of para-hydroxylation sites is 2. The summed E-state index contributed by atoms with van der Waals surface area (Å²) in [5.74, 6) is -0.0377. The second-order valence-electron chi connectivity index (χ2n) is 9.14. The van der Waals surface area contributed by atoms with E-state index in [4.69, 9.17) is 18.9 Å². The zero-order valence-corrected chi connectivity index (χ0v) is 23.9. The van der Waals surface area contributed by atoms with Crippen molar-refractivity contribution in [1.82, 2.24) is 4.57 Å². The van der Waals surface area contributed by atoms with Gasteiger partial charge in [0.25, 0.3) is 5.56 Å². The van der Waals surface area contributed by atoms with Gasteiger partial charge in [-0.25, -0.2) is 14.6 Å². The van der Waals surface area contributed by atoms with Gasteiger partial charge in [0.15, 0.2) is 11.4 Å². The molecule has 2 aromatic carbocycles. The molecule has 210 valence electrons. The van der Waals surface area contributed by atoms with E-state index in [2.05, 4.69) is 4.99 Å². The number of aromatic nitrogens is 1. The molecule has 0 unspecified atom stereocenters. The van der Waals surface area contributed by atoms with Crippen molar-refractivity contribution >= 4 is 29.4 Å². The molecule has 4 rings (SSSR count). The number of allylic oxidation sites excluding steroid dienone is 1. The van der Waals surface area contributed by atoms with Crippen LogP contribution >= 0.6 is 11.3 Å². The molecule has 0 saturated carbocycles. The maximum Gasteiger partial charge on any atom is 0.344 e. The Morgan fingerprint density at radius 2 is 1.70 bits per heavy atom. The van der Waals surface area contributed by atoms with Crippen LogP contribution in [0.25, 0.3) is 6.08 Å². The lowest BCUT2D eigenvalue weighted by molar-refractivity contribution is -0.145. The zero-order valence-electron chi connectivity index (χ0n) is 23.1. The summed E-state index contributed by atoms with van der Waals surface area (Å²) in [5.41, 5.74) is 1.67. The molecule has 10 heteroatoms. The summed E-state index contributed by atoms with van der Waals surface area (Å²) in [5, 5.41) is 0. The zero-order chi connectivity index (χ0) is 28.8. The monoisotopic (exact) mass is 564 g/mol. The third kappa shape index (κ3) is 6.17. The molecule has 1 aliphatic rings. The van der Waals surface area contributed by atoms with Crippen LogP contribution in [-0.4, -0.2) is 42.4 Å². The molecule has 0 bridgehead atoms. The quantitative estimate of drug-likeness (QED) is 0.347. The van der Waals surface area contributed by atoms with Gasteiger partial charge in [0, 0.05) is 11.1 Å². The summed E-state index contributed by atoms with van der Waals surface area (Å²) in [6, 6.07) is 13.6. The van der Waals surface area contributed by atoms with Gasteiger partial charge >= 0.3 is 11.9 Å². The standard InChI is InChI=1S/C30H32N2O7S/c1-6-36-25(33)17-38-22-14-10-8-12-20(22)16-24-28(34)32-27(21-13-9-11-15-23(21)39-18(3)4)26(29(35)37-7-2)19(5)31-30(32)40-24/h8-16,18,27H,6-7,17H2,1-5H3/b24-16-/t27-/m0/s1. The summed E-state index contributed by atoms with van der Waals surface area (Å²) in [4.78, 5) is 44.1.